The Balaban J connectivity index is 1.44. The average Bonchev–Trinajstić information content (AvgIpc) is 2.93. The monoisotopic (exact) mass is 515 g/mol. The van der Waals surface area contributed by atoms with Gasteiger partial charge in [0.15, 0.2) is 0 Å². The third-order valence-electron chi connectivity index (χ3n) is 6.26. The maximum Gasteiger partial charge on any atom is 0.322 e. The number of halogens is 1. The molecule has 3 aromatic carbocycles. The number of anilines is 2. The van der Waals surface area contributed by atoms with Gasteiger partial charge in [-0.1, -0.05) is 54.1 Å². The lowest BCUT2D eigenvalue weighted by Gasteiger charge is -2.29. The van der Waals surface area contributed by atoms with Gasteiger partial charge in [0.05, 0.1) is 41.3 Å². The molecule has 9 heteroatoms. The average molecular weight is 516 g/mol. The molecule has 2 N–H and O–H groups in total. The van der Waals surface area contributed by atoms with Crippen LogP contribution in [-0.4, -0.2) is 34.1 Å². The number of urea groups is 1. The first kappa shape index (κ1) is 24.4. The number of fused-ring (bicyclic) bond motifs is 1. The van der Waals surface area contributed by atoms with E-state index in [1.54, 1.807) is 40.8 Å². The second kappa shape index (κ2) is 10.8. The summed E-state index contributed by atoms with van der Waals surface area (Å²) >= 11 is 6.20. The van der Waals surface area contributed by atoms with Crippen molar-refractivity contribution < 1.29 is 9.53 Å². The molecule has 2 heterocycles. The zero-order valence-corrected chi connectivity index (χ0v) is 21.0. The summed E-state index contributed by atoms with van der Waals surface area (Å²) in [6.45, 7) is 1.07. The third kappa shape index (κ3) is 5.29. The highest BCUT2D eigenvalue weighted by molar-refractivity contribution is 6.33. The number of hydrogen-bond donors (Lipinski definition) is 2. The van der Waals surface area contributed by atoms with Gasteiger partial charge in [0.1, 0.15) is 5.75 Å². The van der Waals surface area contributed by atoms with Crippen LogP contribution in [0, 0.1) is 0 Å². The van der Waals surface area contributed by atoms with Gasteiger partial charge in [0.25, 0.3) is 5.56 Å². The maximum atomic E-state index is 13.8. The Kier molecular flexibility index (Phi) is 7.09. The quantitative estimate of drug-likeness (QED) is 0.373. The van der Waals surface area contributed by atoms with Crippen molar-refractivity contribution in [1.82, 2.24) is 14.5 Å². The summed E-state index contributed by atoms with van der Waals surface area (Å²) in [5.74, 6) is 1.24. The largest absolute Gasteiger partial charge is 0.497 e. The zero-order chi connectivity index (χ0) is 25.8. The van der Waals surface area contributed by atoms with Crippen molar-refractivity contribution in [3.05, 3.63) is 111 Å². The van der Waals surface area contributed by atoms with Crippen LogP contribution in [0.2, 0.25) is 5.02 Å². The number of methoxy groups -OCH3 is 1. The second-order valence-electron chi connectivity index (χ2n) is 8.62. The minimum atomic E-state index is -0.314. The first-order valence-corrected chi connectivity index (χ1v) is 12.3. The molecule has 2 amide bonds. The fourth-order valence-corrected chi connectivity index (χ4v) is 4.45. The van der Waals surface area contributed by atoms with Crippen LogP contribution < -0.4 is 20.9 Å². The molecule has 1 aliphatic heterocycles. The third-order valence-corrected chi connectivity index (χ3v) is 6.59. The molecule has 8 nitrogen and oxygen atoms in total. The standard InChI is InChI=1S/C28H26ClN5O3/c1-37-21-13-11-19(12-14-21)17-30-27-31-24-15-16-33(28(36)32-25-10-6-5-9-23(25)29)18-22(24)26(35)34(27)20-7-3-2-4-8-20/h2-14H,15-18H2,1H3,(H,30,31)(H,32,36). The molecule has 1 aromatic heterocycles. The first-order valence-electron chi connectivity index (χ1n) is 11.9. The summed E-state index contributed by atoms with van der Waals surface area (Å²) < 4.78 is 6.80. The normalized spacial score (nSPS) is 12.5. The number of para-hydroxylation sites is 2. The molecular weight excluding hydrogens is 490 g/mol. The van der Waals surface area contributed by atoms with Crippen LogP contribution in [0.4, 0.5) is 16.4 Å². The van der Waals surface area contributed by atoms with E-state index in [1.165, 1.54) is 0 Å². The van der Waals surface area contributed by atoms with Crippen LogP contribution in [-0.2, 0) is 19.5 Å². The van der Waals surface area contributed by atoms with E-state index >= 15 is 0 Å². The molecule has 0 spiro atoms. The smallest absolute Gasteiger partial charge is 0.322 e. The molecule has 0 atom stereocenters. The molecular formula is C28H26ClN5O3. The zero-order valence-electron chi connectivity index (χ0n) is 20.3. The molecule has 0 radical (unpaired) electrons. The number of nitrogens with one attached hydrogen (secondary N) is 2. The van der Waals surface area contributed by atoms with Crippen molar-refractivity contribution >= 4 is 29.3 Å². The lowest BCUT2D eigenvalue weighted by Crippen LogP contribution is -2.43. The molecule has 37 heavy (non-hydrogen) atoms. The molecule has 0 saturated heterocycles. The summed E-state index contributed by atoms with van der Waals surface area (Å²) in [5.41, 5.74) is 3.23. The molecule has 5 rings (SSSR count). The number of ether oxygens (including phenoxy) is 1. The van der Waals surface area contributed by atoms with Crippen LogP contribution >= 0.6 is 11.6 Å². The molecule has 0 unspecified atom stereocenters. The van der Waals surface area contributed by atoms with Crippen molar-refractivity contribution in [2.45, 2.75) is 19.5 Å². The van der Waals surface area contributed by atoms with Crippen molar-refractivity contribution in [2.75, 3.05) is 24.3 Å². The van der Waals surface area contributed by atoms with E-state index in [4.69, 9.17) is 21.3 Å². The van der Waals surface area contributed by atoms with E-state index in [2.05, 4.69) is 10.6 Å². The summed E-state index contributed by atoms with van der Waals surface area (Å²) in [4.78, 5) is 33.2. The molecule has 1 aliphatic rings. The molecule has 0 bridgehead atoms. The van der Waals surface area contributed by atoms with E-state index < -0.39 is 0 Å². The fourth-order valence-electron chi connectivity index (χ4n) is 4.27. The lowest BCUT2D eigenvalue weighted by atomic mass is 10.1. The topological polar surface area (TPSA) is 88.5 Å². The molecule has 0 aliphatic carbocycles. The van der Waals surface area contributed by atoms with E-state index in [0.717, 1.165) is 11.3 Å². The highest BCUT2D eigenvalue weighted by Gasteiger charge is 2.27. The Bertz CT molecular complexity index is 1470. The van der Waals surface area contributed by atoms with Crippen molar-refractivity contribution in [2.24, 2.45) is 0 Å². The van der Waals surface area contributed by atoms with Crippen molar-refractivity contribution in [1.29, 1.82) is 0 Å². The Hall–Kier alpha value is -4.30. The SMILES string of the molecule is COc1ccc(CNc2nc3c(c(=O)n2-c2ccccc2)CN(C(=O)Nc2ccccc2Cl)CC3)cc1. The van der Waals surface area contributed by atoms with E-state index in [-0.39, 0.29) is 18.1 Å². The number of carbonyl (C=O) groups is 1. The van der Waals surface area contributed by atoms with Gasteiger partial charge in [-0.05, 0) is 42.0 Å². The number of amides is 2. The van der Waals surface area contributed by atoms with E-state index in [0.29, 0.717) is 53.1 Å². The van der Waals surface area contributed by atoms with Gasteiger partial charge in [-0.2, -0.15) is 0 Å². The van der Waals surface area contributed by atoms with Crippen LogP contribution in [0.25, 0.3) is 5.69 Å². The van der Waals surface area contributed by atoms with E-state index in [9.17, 15) is 9.59 Å². The number of nitrogens with zero attached hydrogens (tertiary/aromatic N) is 3. The predicted molar refractivity (Wildman–Crippen MR) is 145 cm³/mol. The lowest BCUT2D eigenvalue weighted by molar-refractivity contribution is 0.205. The van der Waals surface area contributed by atoms with Gasteiger partial charge < -0.3 is 20.3 Å². The van der Waals surface area contributed by atoms with Gasteiger partial charge in [-0.3, -0.25) is 4.79 Å². The predicted octanol–water partition coefficient (Wildman–Crippen LogP) is 5.10. The van der Waals surface area contributed by atoms with Crippen LogP contribution in [0.1, 0.15) is 16.8 Å². The molecule has 4 aromatic rings. The number of rotatable bonds is 6. The van der Waals surface area contributed by atoms with Crippen molar-refractivity contribution in [3.63, 3.8) is 0 Å². The fraction of sp³-hybridized carbons (Fsp3) is 0.179. The van der Waals surface area contributed by atoms with Crippen LogP contribution in [0.5, 0.6) is 5.75 Å². The van der Waals surface area contributed by atoms with Gasteiger partial charge in [0.2, 0.25) is 5.95 Å². The Morgan fingerprint density at radius 3 is 2.49 bits per heavy atom. The Labute approximate surface area is 219 Å². The van der Waals surface area contributed by atoms with Gasteiger partial charge in [-0.15, -0.1) is 0 Å². The molecule has 188 valence electrons. The number of benzene rings is 3. The highest BCUT2D eigenvalue weighted by atomic mass is 35.5. The summed E-state index contributed by atoms with van der Waals surface area (Å²) in [6.07, 6.45) is 0.466. The Morgan fingerprint density at radius 2 is 1.76 bits per heavy atom. The minimum absolute atomic E-state index is 0.156. The number of hydrogen-bond acceptors (Lipinski definition) is 5. The highest BCUT2D eigenvalue weighted by Crippen LogP contribution is 2.23. The second-order valence-corrected chi connectivity index (χ2v) is 9.03. The Morgan fingerprint density at radius 1 is 1.03 bits per heavy atom. The number of carbonyl (C=O) groups excluding carboxylic acids is 1. The number of aromatic nitrogens is 2. The van der Waals surface area contributed by atoms with Gasteiger partial charge in [0, 0.05) is 19.5 Å². The summed E-state index contributed by atoms with van der Waals surface area (Å²) in [6, 6.07) is 23.8. The van der Waals surface area contributed by atoms with Gasteiger partial charge >= 0.3 is 6.03 Å². The summed E-state index contributed by atoms with van der Waals surface area (Å²) in [5, 5.41) is 6.62. The van der Waals surface area contributed by atoms with Crippen molar-refractivity contribution in [3.8, 4) is 11.4 Å². The minimum Gasteiger partial charge on any atom is -0.497 e. The molecule has 0 saturated carbocycles. The summed E-state index contributed by atoms with van der Waals surface area (Å²) in [7, 11) is 1.63. The maximum absolute atomic E-state index is 13.8. The van der Waals surface area contributed by atoms with E-state index in [1.807, 2.05) is 54.6 Å². The molecule has 0 fully saturated rings. The van der Waals surface area contributed by atoms with Crippen LogP contribution in [0.3, 0.4) is 0 Å². The van der Waals surface area contributed by atoms with Gasteiger partial charge in [-0.25, -0.2) is 14.3 Å². The first-order chi connectivity index (χ1) is 18.0. The van der Waals surface area contributed by atoms with Crippen LogP contribution in [0.15, 0.2) is 83.7 Å².